The van der Waals surface area contributed by atoms with Gasteiger partial charge in [-0.1, -0.05) is 34.8 Å². The Bertz CT molecular complexity index is 712. The summed E-state index contributed by atoms with van der Waals surface area (Å²) in [6.07, 6.45) is 2.23. The van der Waals surface area contributed by atoms with Gasteiger partial charge in [0, 0.05) is 27.7 Å². The van der Waals surface area contributed by atoms with Gasteiger partial charge in [-0.05, 0) is 30.9 Å². The summed E-state index contributed by atoms with van der Waals surface area (Å²) in [6, 6.07) is 3.40. The molecule has 3 nitrogen and oxygen atoms in total. The van der Waals surface area contributed by atoms with Crippen molar-refractivity contribution in [1.29, 1.82) is 0 Å². The third-order valence-electron chi connectivity index (χ3n) is 3.62. The molecule has 3 rings (SSSR count). The van der Waals surface area contributed by atoms with Gasteiger partial charge in [0.2, 0.25) is 0 Å². The molecule has 1 heterocycles. The van der Waals surface area contributed by atoms with Gasteiger partial charge in [-0.25, -0.2) is 0 Å². The summed E-state index contributed by atoms with van der Waals surface area (Å²) < 4.78 is 0.804. The minimum Gasteiger partial charge on any atom is -0.347 e. The lowest BCUT2D eigenvalue weighted by Gasteiger charge is -2.15. The summed E-state index contributed by atoms with van der Waals surface area (Å²) in [7, 11) is 0. The Balaban J connectivity index is 1.94. The molecule has 1 aliphatic carbocycles. The molecule has 7 heteroatoms. The Labute approximate surface area is 141 Å². The first-order valence-electron chi connectivity index (χ1n) is 6.59. The molecule has 1 atom stereocenters. The van der Waals surface area contributed by atoms with Crippen molar-refractivity contribution < 1.29 is 4.79 Å². The van der Waals surface area contributed by atoms with Crippen LogP contribution in [0.15, 0.2) is 12.1 Å². The molecule has 1 unspecified atom stereocenters. The molecule has 0 saturated heterocycles. The van der Waals surface area contributed by atoms with Gasteiger partial charge in [0.15, 0.2) is 0 Å². The third kappa shape index (κ3) is 3.01. The molecule has 3 N–H and O–H groups in total. The number of halogens is 3. The van der Waals surface area contributed by atoms with Crippen LogP contribution in [0.25, 0.3) is 10.1 Å². The van der Waals surface area contributed by atoms with Crippen molar-refractivity contribution in [3.05, 3.63) is 32.1 Å². The zero-order valence-electron chi connectivity index (χ0n) is 11.0. The second kappa shape index (κ2) is 5.94. The lowest BCUT2D eigenvalue weighted by atomic mass is 10.2. The van der Waals surface area contributed by atoms with Crippen LogP contribution in [0.5, 0.6) is 0 Å². The minimum atomic E-state index is -0.198. The second-order valence-corrected chi connectivity index (χ2v) is 7.43. The number of nitrogens with one attached hydrogen (secondary N) is 1. The van der Waals surface area contributed by atoms with Crippen LogP contribution >= 0.6 is 46.1 Å². The van der Waals surface area contributed by atoms with Gasteiger partial charge in [0.05, 0.1) is 10.0 Å². The van der Waals surface area contributed by atoms with E-state index in [1.165, 1.54) is 11.3 Å². The Morgan fingerprint density at radius 2 is 2.10 bits per heavy atom. The number of fused-ring (bicyclic) bond motifs is 1. The van der Waals surface area contributed by atoms with Crippen molar-refractivity contribution in [1.82, 2.24) is 5.32 Å². The first-order valence-corrected chi connectivity index (χ1v) is 8.54. The number of amides is 1. The fourth-order valence-corrected chi connectivity index (χ4v) is 4.64. The maximum absolute atomic E-state index is 12.4. The highest BCUT2D eigenvalue weighted by Gasteiger charge is 2.32. The molecule has 1 saturated carbocycles. The van der Waals surface area contributed by atoms with Gasteiger partial charge < -0.3 is 11.1 Å². The van der Waals surface area contributed by atoms with Crippen LogP contribution in [0.2, 0.25) is 15.1 Å². The summed E-state index contributed by atoms with van der Waals surface area (Å²) in [6.45, 7) is 0.436. The van der Waals surface area contributed by atoms with Crippen molar-refractivity contribution in [2.45, 2.75) is 18.9 Å². The number of rotatable bonds is 4. The Hall–Kier alpha value is -0.520. The number of hydrogen-bond donors (Lipinski definition) is 2. The summed E-state index contributed by atoms with van der Waals surface area (Å²) in [5.74, 6) is 0.292. The van der Waals surface area contributed by atoms with Crippen molar-refractivity contribution in [2.75, 3.05) is 6.54 Å². The van der Waals surface area contributed by atoms with Crippen LogP contribution in [0.3, 0.4) is 0 Å². The Morgan fingerprint density at radius 3 is 2.71 bits per heavy atom. The average molecular weight is 364 g/mol. The summed E-state index contributed by atoms with van der Waals surface area (Å²) in [5.41, 5.74) is 5.71. The molecule has 21 heavy (non-hydrogen) atoms. The number of carbonyl (C=O) groups is 1. The first-order chi connectivity index (χ1) is 10.0. The number of carbonyl (C=O) groups excluding carboxylic acids is 1. The van der Waals surface area contributed by atoms with E-state index in [9.17, 15) is 4.79 Å². The van der Waals surface area contributed by atoms with Crippen LogP contribution in [0.4, 0.5) is 0 Å². The maximum Gasteiger partial charge on any atom is 0.263 e. The molecule has 0 spiro atoms. The molecule has 0 radical (unpaired) electrons. The number of nitrogens with two attached hydrogens (primary N) is 1. The molecule has 0 bridgehead atoms. The van der Waals surface area contributed by atoms with Gasteiger partial charge in [-0.3, -0.25) is 4.79 Å². The summed E-state index contributed by atoms with van der Waals surface area (Å²) in [4.78, 5) is 12.9. The molecule has 1 aromatic heterocycles. The lowest BCUT2D eigenvalue weighted by Crippen LogP contribution is -2.41. The highest BCUT2D eigenvalue weighted by Crippen LogP contribution is 2.41. The van der Waals surface area contributed by atoms with Crippen LogP contribution in [-0.2, 0) is 0 Å². The molecule has 2 aromatic rings. The van der Waals surface area contributed by atoms with E-state index in [0.29, 0.717) is 37.8 Å². The van der Waals surface area contributed by atoms with E-state index < -0.39 is 0 Å². The molecule has 0 aliphatic heterocycles. The molecule has 1 amide bonds. The number of thiophene rings is 1. The number of benzene rings is 1. The van der Waals surface area contributed by atoms with Gasteiger partial charge >= 0.3 is 0 Å². The minimum absolute atomic E-state index is 0.0119. The maximum atomic E-state index is 12.4. The van der Waals surface area contributed by atoms with Crippen molar-refractivity contribution >= 4 is 62.1 Å². The zero-order valence-corrected chi connectivity index (χ0v) is 14.0. The monoisotopic (exact) mass is 362 g/mol. The highest BCUT2D eigenvalue weighted by molar-refractivity contribution is 7.21. The molecular formula is C14H13Cl3N2OS. The molecule has 112 valence electrons. The standard InChI is InChI=1S/C14H13Cl3N2OS/c15-7-3-8(16)11-10(4-7)21-13(12(11)17)14(20)19-9(5-18)6-1-2-6/h3-4,6,9H,1-2,5,18H2,(H,19,20). The summed E-state index contributed by atoms with van der Waals surface area (Å²) >= 11 is 19.8. The fraction of sp³-hybridized carbons (Fsp3) is 0.357. The Kier molecular flexibility index (Phi) is 4.35. The van der Waals surface area contributed by atoms with E-state index in [2.05, 4.69) is 5.32 Å². The van der Waals surface area contributed by atoms with Gasteiger partial charge in [0.1, 0.15) is 4.88 Å². The predicted octanol–water partition coefficient (Wildman–Crippen LogP) is 4.33. The summed E-state index contributed by atoms with van der Waals surface area (Å²) in [5, 5.41) is 4.99. The van der Waals surface area contributed by atoms with Crippen LogP contribution in [0.1, 0.15) is 22.5 Å². The predicted molar refractivity (Wildman–Crippen MR) is 89.9 cm³/mol. The molecule has 1 fully saturated rings. The first kappa shape index (κ1) is 15.4. The van der Waals surface area contributed by atoms with E-state index >= 15 is 0 Å². The van der Waals surface area contributed by atoms with Gasteiger partial charge in [0.25, 0.3) is 5.91 Å². The smallest absolute Gasteiger partial charge is 0.263 e. The van der Waals surface area contributed by atoms with Gasteiger partial charge in [-0.2, -0.15) is 0 Å². The van der Waals surface area contributed by atoms with E-state index in [1.807, 2.05) is 0 Å². The largest absolute Gasteiger partial charge is 0.347 e. The fourth-order valence-electron chi connectivity index (χ4n) is 2.36. The Morgan fingerprint density at radius 1 is 1.38 bits per heavy atom. The second-order valence-electron chi connectivity index (χ2n) is 5.16. The van der Waals surface area contributed by atoms with Crippen molar-refractivity contribution in [3.8, 4) is 0 Å². The van der Waals surface area contributed by atoms with Crippen molar-refractivity contribution in [2.24, 2.45) is 11.7 Å². The van der Waals surface area contributed by atoms with Crippen LogP contribution in [-0.4, -0.2) is 18.5 Å². The normalized spacial score (nSPS) is 16.2. The number of hydrogen-bond acceptors (Lipinski definition) is 3. The zero-order chi connectivity index (χ0) is 15.1. The van der Waals surface area contributed by atoms with E-state index in [1.54, 1.807) is 12.1 Å². The van der Waals surface area contributed by atoms with E-state index in [-0.39, 0.29) is 11.9 Å². The molecule has 1 aromatic carbocycles. The van der Waals surface area contributed by atoms with Crippen LogP contribution < -0.4 is 11.1 Å². The average Bonchev–Trinajstić information content (AvgIpc) is 3.20. The molecular weight excluding hydrogens is 351 g/mol. The van der Waals surface area contributed by atoms with E-state index in [4.69, 9.17) is 40.5 Å². The van der Waals surface area contributed by atoms with Crippen molar-refractivity contribution in [3.63, 3.8) is 0 Å². The SMILES string of the molecule is NCC(NC(=O)c1sc2cc(Cl)cc(Cl)c2c1Cl)C1CC1. The van der Waals surface area contributed by atoms with Gasteiger partial charge in [-0.15, -0.1) is 11.3 Å². The third-order valence-corrected chi connectivity index (χ3v) is 5.76. The molecule has 1 aliphatic rings. The highest BCUT2D eigenvalue weighted by atomic mass is 35.5. The topological polar surface area (TPSA) is 55.1 Å². The van der Waals surface area contributed by atoms with Crippen LogP contribution in [0, 0.1) is 5.92 Å². The van der Waals surface area contributed by atoms with E-state index in [0.717, 1.165) is 17.5 Å². The quantitative estimate of drug-likeness (QED) is 0.849. The lowest BCUT2D eigenvalue weighted by molar-refractivity contribution is 0.0938.